The molecule has 0 unspecified atom stereocenters. The number of para-hydroxylation sites is 2. The van der Waals surface area contributed by atoms with Gasteiger partial charge in [-0.2, -0.15) is 0 Å². The number of nitrogen functional groups attached to an aromatic ring is 1. The maximum absolute atomic E-state index is 12.8. The van der Waals surface area contributed by atoms with Gasteiger partial charge in [-0.1, -0.05) is 46.3 Å². The zero-order valence-corrected chi connectivity index (χ0v) is 22.0. The number of rotatable bonds is 11. The Morgan fingerprint density at radius 2 is 1.73 bits per heavy atom. The van der Waals surface area contributed by atoms with E-state index in [1.54, 1.807) is 54.6 Å². The third kappa shape index (κ3) is 8.96. The molecular weight excluding hydrogens is 538 g/mol. The Morgan fingerprint density at radius 3 is 2.41 bits per heavy atom. The molecule has 0 aliphatic rings. The summed E-state index contributed by atoms with van der Waals surface area (Å²) in [6.07, 6.45) is 2.25. The van der Waals surface area contributed by atoms with Gasteiger partial charge in [0, 0.05) is 16.8 Å². The minimum Gasteiger partial charge on any atom is -0.508 e. The smallest absolute Gasteiger partial charge is 0.412 e. The molecule has 0 aliphatic heterocycles. The first-order chi connectivity index (χ1) is 17.9. The number of nitrogens with one attached hydrogen (secondary N) is 2. The fourth-order valence-electron chi connectivity index (χ4n) is 3.59. The largest absolute Gasteiger partial charge is 0.508 e. The van der Waals surface area contributed by atoms with Crippen molar-refractivity contribution in [1.29, 1.82) is 0 Å². The second-order valence-corrected chi connectivity index (χ2v) is 9.02. The second kappa shape index (κ2) is 14.1. The van der Waals surface area contributed by atoms with E-state index >= 15 is 0 Å². The van der Waals surface area contributed by atoms with Gasteiger partial charge in [0.05, 0.1) is 17.5 Å². The summed E-state index contributed by atoms with van der Waals surface area (Å²) >= 11 is 3.37. The maximum Gasteiger partial charge on any atom is 0.412 e. The quantitative estimate of drug-likeness (QED) is 0.157. The molecule has 9 heteroatoms. The van der Waals surface area contributed by atoms with E-state index in [0.717, 1.165) is 4.47 Å². The van der Waals surface area contributed by atoms with Gasteiger partial charge in [0.15, 0.2) is 6.10 Å². The van der Waals surface area contributed by atoms with Crippen LogP contribution in [0.4, 0.5) is 21.9 Å². The van der Waals surface area contributed by atoms with Crippen molar-refractivity contribution in [3.8, 4) is 5.75 Å². The van der Waals surface area contributed by atoms with Crippen LogP contribution in [0.5, 0.6) is 5.75 Å². The third-order valence-corrected chi connectivity index (χ3v) is 5.90. The van der Waals surface area contributed by atoms with Crippen LogP contribution in [0.2, 0.25) is 0 Å². The van der Waals surface area contributed by atoms with Crippen LogP contribution in [0.15, 0.2) is 89.4 Å². The fourth-order valence-corrected chi connectivity index (χ4v) is 3.86. The molecule has 0 radical (unpaired) electrons. The zero-order valence-electron chi connectivity index (χ0n) is 20.4. The number of benzene rings is 3. The number of carbonyl (C=O) groups excluding carboxylic acids is 2. The van der Waals surface area contributed by atoms with Crippen LogP contribution < -0.4 is 16.4 Å². The molecule has 0 saturated heterocycles. The van der Waals surface area contributed by atoms with Crippen molar-refractivity contribution in [3.63, 3.8) is 0 Å². The molecule has 0 bridgehead atoms. The highest BCUT2D eigenvalue weighted by Crippen LogP contribution is 2.29. The summed E-state index contributed by atoms with van der Waals surface area (Å²) < 4.78 is 12.6. The fraction of sp³-hybridized carbons (Fsp3) is 0.214. The van der Waals surface area contributed by atoms with Gasteiger partial charge in [0.1, 0.15) is 5.75 Å². The summed E-state index contributed by atoms with van der Waals surface area (Å²) in [5.74, 6) is -0.200. The number of aromatic hydroxyl groups is 1. The van der Waals surface area contributed by atoms with Crippen molar-refractivity contribution < 1.29 is 24.2 Å². The van der Waals surface area contributed by atoms with E-state index in [-0.39, 0.29) is 11.7 Å². The predicted octanol–water partition coefficient (Wildman–Crippen LogP) is 6.41. The first kappa shape index (κ1) is 27.8. The Balaban J connectivity index is 1.68. The Bertz CT molecular complexity index is 1200. The number of phenolic OH excluding ortho intramolecular Hbond substituents is 1. The van der Waals surface area contributed by atoms with Crippen LogP contribution in [0, 0.1) is 0 Å². The minimum atomic E-state index is -0.748. The van der Waals surface area contributed by atoms with Crippen LogP contribution in [0.25, 0.3) is 0 Å². The van der Waals surface area contributed by atoms with Gasteiger partial charge in [-0.15, -0.1) is 0 Å². The van der Waals surface area contributed by atoms with Crippen LogP contribution in [-0.2, 0) is 14.3 Å². The summed E-state index contributed by atoms with van der Waals surface area (Å²) in [5.41, 5.74) is 8.15. The molecule has 194 valence electrons. The monoisotopic (exact) mass is 567 g/mol. The molecule has 8 nitrogen and oxygen atoms in total. The number of phenols is 1. The normalized spacial score (nSPS) is 12.6. The van der Waals surface area contributed by atoms with Gasteiger partial charge >= 0.3 is 6.09 Å². The molecule has 3 aromatic rings. The molecule has 3 rings (SSSR count). The number of hydrogen-bond acceptors (Lipinski definition) is 6. The van der Waals surface area contributed by atoms with Gasteiger partial charge in [0.2, 0.25) is 5.91 Å². The average molecular weight is 568 g/mol. The van der Waals surface area contributed by atoms with Gasteiger partial charge in [0.25, 0.3) is 0 Å². The molecule has 2 atom stereocenters. The average Bonchev–Trinajstić information content (AvgIpc) is 2.88. The highest BCUT2D eigenvalue weighted by atomic mass is 79.9. The van der Waals surface area contributed by atoms with E-state index in [1.165, 1.54) is 18.2 Å². The zero-order chi connectivity index (χ0) is 26.6. The first-order valence-corrected chi connectivity index (χ1v) is 12.6. The molecule has 5 N–H and O–H groups in total. The molecule has 2 amide bonds. The van der Waals surface area contributed by atoms with Crippen molar-refractivity contribution in [2.45, 2.75) is 32.0 Å². The molecule has 0 aromatic heterocycles. The van der Waals surface area contributed by atoms with E-state index in [2.05, 4.69) is 26.6 Å². The Kier molecular flexibility index (Phi) is 10.5. The number of nitrogens with two attached hydrogens (primary N) is 1. The third-order valence-electron chi connectivity index (χ3n) is 5.37. The summed E-state index contributed by atoms with van der Waals surface area (Å²) in [7, 11) is 0. The molecule has 0 fully saturated rings. The van der Waals surface area contributed by atoms with E-state index < -0.39 is 18.3 Å². The summed E-state index contributed by atoms with van der Waals surface area (Å²) in [5, 5.41) is 15.2. The number of carbonyl (C=O) groups is 2. The molecule has 37 heavy (non-hydrogen) atoms. The molecule has 0 spiro atoms. The maximum atomic E-state index is 12.8. The molecule has 0 aliphatic carbocycles. The number of halogens is 1. The number of allylic oxidation sites excluding steroid dienone is 1. The van der Waals surface area contributed by atoms with Gasteiger partial charge in [-0.3, -0.25) is 10.1 Å². The van der Waals surface area contributed by atoms with E-state index in [9.17, 15) is 14.7 Å². The molecule has 3 aromatic carbocycles. The van der Waals surface area contributed by atoms with Gasteiger partial charge in [-0.05, 0) is 79.9 Å². The highest BCUT2D eigenvalue weighted by Gasteiger charge is 2.27. The van der Waals surface area contributed by atoms with Crippen LogP contribution in [0.3, 0.4) is 0 Å². The Labute approximate surface area is 224 Å². The van der Waals surface area contributed by atoms with Crippen LogP contribution in [0.1, 0.15) is 31.4 Å². The number of amides is 2. The van der Waals surface area contributed by atoms with Crippen molar-refractivity contribution in [1.82, 2.24) is 0 Å². The van der Waals surface area contributed by atoms with Gasteiger partial charge in [-0.25, -0.2) is 4.79 Å². The Morgan fingerprint density at radius 1 is 1.03 bits per heavy atom. The summed E-state index contributed by atoms with van der Waals surface area (Å²) in [6, 6.07) is 20.6. The topological polar surface area (TPSA) is 123 Å². The van der Waals surface area contributed by atoms with Crippen molar-refractivity contribution in [2.75, 3.05) is 23.0 Å². The summed E-state index contributed by atoms with van der Waals surface area (Å²) in [6.45, 7) is 2.25. The number of ether oxygens (including phenoxy) is 2. The SMILES string of the molecule is CCO[C@@H](CC/C=C/C(=O)Nc1ccccc1N)[C@@H](OC(=O)Nc1ccc(Br)cc1)c1ccc(O)cc1. The standard InChI is InChI=1S/C28H30BrN3O5/c1-2-36-25(9-5-6-10-26(34)32-24-8-4-3-7-23(24)30)27(19-11-17-22(33)18-12-19)37-28(35)31-21-15-13-20(29)14-16-21/h3-4,6-8,10-18,25,27,33H,2,5,9,30H2,1H3,(H,31,35)(H,32,34)/b10-6+/t25-,27-/m0/s1. The van der Waals surface area contributed by atoms with Crippen LogP contribution in [-0.4, -0.2) is 29.8 Å². The highest BCUT2D eigenvalue weighted by molar-refractivity contribution is 9.10. The van der Waals surface area contributed by atoms with E-state index in [1.807, 2.05) is 19.1 Å². The van der Waals surface area contributed by atoms with Gasteiger partial charge < -0.3 is 25.6 Å². The van der Waals surface area contributed by atoms with Crippen LogP contribution >= 0.6 is 15.9 Å². The molecule has 0 saturated carbocycles. The minimum absolute atomic E-state index is 0.0998. The Hall–Kier alpha value is -3.82. The van der Waals surface area contributed by atoms with Crippen molar-refractivity contribution in [3.05, 3.63) is 95.0 Å². The first-order valence-electron chi connectivity index (χ1n) is 11.8. The van der Waals surface area contributed by atoms with Crippen molar-refractivity contribution >= 4 is 45.0 Å². The molecular formula is C28H30BrN3O5. The predicted molar refractivity (Wildman–Crippen MR) is 148 cm³/mol. The summed E-state index contributed by atoms with van der Waals surface area (Å²) in [4.78, 5) is 25.0. The van der Waals surface area contributed by atoms with Crippen molar-refractivity contribution in [2.24, 2.45) is 0 Å². The number of anilines is 3. The van der Waals surface area contributed by atoms with E-state index in [0.29, 0.717) is 42.1 Å². The second-order valence-electron chi connectivity index (χ2n) is 8.10. The van der Waals surface area contributed by atoms with E-state index in [4.69, 9.17) is 15.2 Å². The lowest BCUT2D eigenvalue weighted by Gasteiger charge is -2.27. The lowest BCUT2D eigenvalue weighted by atomic mass is 10.00. The number of hydrogen-bond donors (Lipinski definition) is 4. The lowest BCUT2D eigenvalue weighted by molar-refractivity contribution is -0.111. The lowest BCUT2D eigenvalue weighted by Crippen LogP contribution is -2.29. The molecule has 0 heterocycles.